The van der Waals surface area contributed by atoms with Gasteiger partial charge in [0.25, 0.3) is 5.56 Å². The van der Waals surface area contributed by atoms with Gasteiger partial charge in [-0.2, -0.15) is 5.26 Å². The predicted octanol–water partition coefficient (Wildman–Crippen LogP) is 1.92. The van der Waals surface area contributed by atoms with E-state index in [9.17, 15) is 9.90 Å². The van der Waals surface area contributed by atoms with Gasteiger partial charge in [0, 0.05) is 12.6 Å². The summed E-state index contributed by atoms with van der Waals surface area (Å²) in [4.78, 5) is 11.6. The standard InChI is InChI=1S/C12H16N2O2/c1-3-4-5-6-14-11(15)7-9(2)10(8-13)12(14)16/h7,16H,3-6H2,1-2H3. The van der Waals surface area contributed by atoms with Crippen molar-refractivity contribution in [2.45, 2.75) is 39.7 Å². The van der Waals surface area contributed by atoms with Crippen molar-refractivity contribution < 1.29 is 5.11 Å². The van der Waals surface area contributed by atoms with Crippen LogP contribution in [0.15, 0.2) is 10.9 Å². The normalized spacial score (nSPS) is 10.1. The lowest BCUT2D eigenvalue weighted by atomic mass is 10.1. The monoisotopic (exact) mass is 220 g/mol. The van der Waals surface area contributed by atoms with Crippen molar-refractivity contribution in [3.05, 3.63) is 27.5 Å². The Labute approximate surface area is 94.8 Å². The summed E-state index contributed by atoms with van der Waals surface area (Å²) < 4.78 is 1.27. The lowest BCUT2D eigenvalue weighted by Crippen LogP contribution is -2.20. The summed E-state index contributed by atoms with van der Waals surface area (Å²) in [6, 6.07) is 3.30. The van der Waals surface area contributed by atoms with Crippen LogP contribution in [-0.4, -0.2) is 9.67 Å². The van der Waals surface area contributed by atoms with Crippen LogP contribution in [0.5, 0.6) is 5.88 Å². The molecule has 0 unspecified atom stereocenters. The summed E-state index contributed by atoms with van der Waals surface area (Å²) in [7, 11) is 0. The van der Waals surface area contributed by atoms with Crippen LogP contribution >= 0.6 is 0 Å². The first-order chi connectivity index (χ1) is 7.61. The average molecular weight is 220 g/mol. The molecule has 0 spiro atoms. The third-order valence-corrected chi connectivity index (χ3v) is 2.58. The van der Waals surface area contributed by atoms with E-state index in [1.807, 2.05) is 6.07 Å². The maximum atomic E-state index is 11.6. The van der Waals surface area contributed by atoms with E-state index in [2.05, 4.69) is 6.92 Å². The summed E-state index contributed by atoms with van der Waals surface area (Å²) in [5.41, 5.74) is 0.470. The number of aryl methyl sites for hydroxylation is 1. The van der Waals surface area contributed by atoms with Gasteiger partial charge in [-0.15, -0.1) is 0 Å². The second-order valence-electron chi connectivity index (χ2n) is 3.83. The maximum Gasteiger partial charge on any atom is 0.253 e. The molecule has 86 valence electrons. The van der Waals surface area contributed by atoms with Crippen LogP contribution in [0.1, 0.15) is 37.3 Å². The number of aromatic hydroxyl groups is 1. The molecule has 1 rings (SSSR count). The fourth-order valence-electron chi connectivity index (χ4n) is 1.63. The van der Waals surface area contributed by atoms with Crippen molar-refractivity contribution >= 4 is 0 Å². The molecule has 1 aromatic heterocycles. The zero-order valence-electron chi connectivity index (χ0n) is 9.66. The SMILES string of the molecule is CCCCCn1c(O)c(C#N)c(C)cc1=O. The lowest BCUT2D eigenvalue weighted by molar-refractivity contribution is 0.397. The first kappa shape index (κ1) is 12.3. The fourth-order valence-corrected chi connectivity index (χ4v) is 1.63. The van der Waals surface area contributed by atoms with Gasteiger partial charge in [0.1, 0.15) is 11.6 Å². The predicted molar refractivity (Wildman–Crippen MR) is 61.3 cm³/mol. The van der Waals surface area contributed by atoms with Crippen LogP contribution in [0.4, 0.5) is 0 Å². The van der Waals surface area contributed by atoms with Crippen LogP contribution < -0.4 is 5.56 Å². The van der Waals surface area contributed by atoms with E-state index in [1.54, 1.807) is 6.92 Å². The van der Waals surface area contributed by atoms with E-state index >= 15 is 0 Å². The number of rotatable bonds is 4. The van der Waals surface area contributed by atoms with Gasteiger partial charge >= 0.3 is 0 Å². The van der Waals surface area contributed by atoms with Gasteiger partial charge in [-0.1, -0.05) is 19.8 Å². The number of aromatic nitrogens is 1. The molecule has 0 amide bonds. The number of nitrogens with zero attached hydrogens (tertiary/aromatic N) is 2. The number of hydrogen-bond acceptors (Lipinski definition) is 3. The average Bonchev–Trinajstić information content (AvgIpc) is 2.23. The summed E-state index contributed by atoms with van der Waals surface area (Å²) >= 11 is 0. The lowest BCUT2D eigenvalue weighted by Gasteiger charge is -2.10. The molecule has 0 saturated heterocycles. The Hall–Kier alpha value is -1.76. The minimum Gasteiger partial charge on any atom is -0.493 e. The van der Waals surface area contributed by atoms with E-state index in [-0.39, 0.29) is 17.0 Å². The topological polar surface area (TPSA) is 66.0 Å². The molecule has 16 heavy (non-hydrogen) atoms. The highest BCUT2D eigenvalue weighted by atomic mass is 16.3. The van der Waals surface area contributed by atoms with E-state index in [0.29, 0.717) is 12.1 Å². The molecule has 0 aliphatic carbocycles. The van der Waals surface area contributed by atoms with Crippen LogP contribution in [0.25, 0.3) is 0 Å². The summed E-state index contributed by atoms with van der Waals surface area (Å²) in [5, 5.41) is 18.7. The fraction of sp³-hybridized carbons (Fsp3) is 0.500. The largest absolute Gasteiger partial charge is 0.493 e. The zero-order chi connectivity index (χ0) is 12.1. The number of hydrogen-bond donors (Lipinski definition) is 1. The van der Waals surface area contributed by atoms with Crippen molar-refractivity contribution in [1.82, 2.24) is 4.57 Å². The molecule has 4 heteroatoms. The molecular formula is C12H16N2O2. The van der Waals surface area contributed by atoms with Crippen LogP contribution in [-0.2, 0) is 6.54 Å². The van der Waals surface area contributed by atoms with Gasteiger partial charge in [0.05, 0.1) is 0 Å². The Kier molecular flexibility index (Phi) is 4.12. The van der Waals surface area contributed by atoms with Gasteiger partial charge in [-0.3, -0.25) is 9.36 Å². The van der Waals surface area contributed by atoms with Crippen LogP contribution in [0.3, 0.4) is 0 Å². The van der Waals surface area contributed by atoms with Crippen molar-refractivity contribution in [1.29, 1.82) is 5.26 Å². The molecular weight excluding hydrogens is 204 g/mol. The second-order valence-corrected chi connectivity index (χ2v) is 3.83. The Balaban J connectivity index is 3.10. The van der Waals surface area contributed by atoms with E-state index in [1.165, 1.54) is 10.6 Å². The Morgan fingerprint density at radius 1 is 1.50 bits per heavy atom. The zero-order valence-corrected chi connectivity index (χ0v) is 9.66. The Morgan fingerprint density at radius 2 is 2.19 bits per heavy atom. The summed E-state index contributed by atoms with van der Waals surface area (Å²) in [5.74, 6) is -0.205. The first-order valence-electron chi connectivity index (χ1n) is 5.45. The van der Waals surface area contributed by atoms with E-state index in [0.717, 1.165) is 19.3 Å². The highest BCUT2D eigenvalue weighted by molar-refractivity contribution is 5.43. The van der Waals surface area contributed by atoms with Crippen molar-refractivity contribution in [2.24, 2.45) is 0 Å². The number of nitriles is 1. The molecule has 0 bridgehead atoms. The maximum absolute atomic E-state index is 11.6. The molecule has 0 fully saturated rings. The van der Waals surface area contributed by atoms with Gasteiger partial charge < -0.3 is 5.11 Å². The number of unbranched alkanes of at least 4 members (excludes halogenated alkanes) is 2. The number of pyridine rings is 1. The molecule has 0 radical (unpaired) electrons. The van der Waals surface area contributed by atoms with Crippen molar-refractivity contribution in [3.63, 3.8) is 0 Å². The Morgan fingerprint density at radius 3 is 2.75 bits per heavy atom. The minimum absolute atomic E-state index is 0.191. The smallest absolute Gasteiger partial charge is 0.253 e. The van der Waals surface area contributed by atoms with Gasteiger partial charge in [0.2, 0.25) is 5.88 Å². The Bertz CT molecular complexity index is 469. The minimum atomic E-state index is -0.245. The molecule has 0 aliphatic heterocycles. The van der Waals surface area contributed by atoms with Crippen LogP contribution in [0.2, 0.25) is 0 Å². The highest BCUT2D eigenvalue weighted by Crippen LogP contribution is 2.17. The molecule has 1 aromatic rings. The quantitative estimate of drug-likeness (QED) is 0.788. The van der Waals surface area contributed by atoms with Gasteiger partial charge in [0.15, 0.2) is 0 Å². The highest BCUT2D eigenvalue weighted by Gasteiger charge is 2.11. The van der Waals surface area contributed by atoms with Gasteiger partial charge in [-0.05, 0) is 18.9 Å². The molecule has 0 atom stereocenters. The molecule has 0 aromatic carbocycles. The molecule has 4 nitrogen and oxygen atoms in total. The first-order valence-corrected chi connectivity index (χ1v) is 5.45. The molecule has 1 N–H and O–H groups in total. The van der Waals surface area contributed by atoms with Crippen molar-refractivity contribution in [3.8, 4) is 11.9 Å². The third-order valence-electron chi connectivity index (χ3n) is 2.58. The van der Waals surface area contributed by atoms with Crippen LogP contribution in [0, 0.1) is 18.3 Å². The molecule has 1 heterocycles. The third kappa shape index (κ3) is 2.43. The second kappa shape index (κ2) is 5.36. The summed E-state index contributed by atoms with van der Waals surface area (Å²) in [6.07, 6.45) is 2.88. The van der Waals surface area contributed by atoms with Gasteiger partial charge in [-0.25, -0.2) is 0 Å². The summed E-state index contributed by atoms with van der Waals surface area (Å²) in [6.45, 7) is 4.18. The van der Waals surface area contributed by atoms with Crippen molar-refractivity contribution in [2.75, 3.05) is 0 Å². The molecule has 0 saturated carbocycles. The van der Waals surface area contributed by atoms with E-state index in [4.69, 9.17) is 5.26 Å². The van der Waals surface area contributed by atoms with E-state index < -0.39 is 0 Å². The molecule has 0 aliphatic rings.